The van der Waals surface area contributed by atoms with Gasteiger partial charge < -0.3 is 10.6 Å². The van der Waals surface area contributed by atoms with Crippen LogP contribution in [0.3, 0.4) is 0 Å². The van der Waals surface area contributed by atoms with E-state index in [9.17, 15) is 14.0 Å². The summed E-state index contributed by atoms with van der Waals surface area (Å²) in [4.78, 5) is 30.3. The molecule has 0 aromatic heterocycles. The summed E-state index contributed by atoms with van der Waals surface area (Å²) >= 11 is 0. The monoisotopic (exact) mass is 437 g/mol. The molecule has 0 atom stereocenters. The molecule has 1 saturated heterocycles. The van der Waals surface area contributed by atoms with Crippen LogP contribution < -0.4 is 10.6 Å². The molecule has 2 aromatic carbocycles. The molecule has 32 heavy (non-hydrogen) atoms. The molecule has 1 aliphatic rings. The van der Waals surface area contributed by atoms with Gasteiger partial charge in [0.15, 0.2) is 0 Å². The van der Waals surface area contributed by atoms with Gasteiger partial charge in [-0.05, 0) is 61.5 Å². The Hall–Kier alpha value is -3.28. The maximum absolute atomic E-state index is 13.3. The largest absolute Gasteiger partial charge is 0.370 e. The van der Waals surface area contributed by atoms with Crippen molar-refractivity contribution in [1.29, 1.82) is 5.26 Å². The first-order valence-electron chi connectivity index (χ1n) is 10.7. The van der Waals surface area contributed by atoms with Gasteiger partial charge in [0.05, 0.1) is 18.2 Å². The second kappa shape index (κ2) is 11.4. The van der Waals surface area contributed by atoms with Gasteiger partial charge in [0.25, 0.3) is 0 Å². The summed E-state index contributed by atoms with van der Waals surface area (Å²) in [5.41, 5.74) is 7.63. The average molecular weight is 438 g/mol. The van der Waals surface area contributed by atoms with Crippen molar-refractivity contribution in [2.24, 2.45) is 5.73 Å². The zero-order chi connectivity index (χ0) is 22.9. The van der Waals surface area contributed by atoms with Crippen molar-refractivity contribution >= 4 is 17.5 Å². The van der Waals surface area contributed by atoms with Gasteiger partial charge >= 0.3 is 0 Å². The third-order valence-electron chi connectivity index (χ3n) is 5.55. The van der Waals surface area contributed by atoms with E-state index < -0.39 is 5.91 Å². The Kier molecular flexibility index (Phi) is 8.31. The molecule has 1 aliphatic heterocycles. The lowest BCUT2D eigenvalue weighted by Gasteiger charge is -2.27. The van der Waals surface area contributed by atoms with Crippen LogP contribution >= 0.6 is 0 Å². The Bertz CT molecular complexity index is 956. The number of anilines is 1. The number of rotatable bonds is 8. The zero-order valence-corrected chi connectivity index (χ0v) is 18.0. The van der Waals surface area contributed by atoms with Gasteiger partial charge in [-0.25, -0.2) is 4.39 Å². The summed E-state index contributed by atoms with van der Waals surface area (Å²) in [6.45, 7) is 4.48. The lowest BCUT2D eigenvalue weighted by atomic mass is 10.1. The number of nitrogens with two attached hydrogens (primary N) is 1. The normalized spacial score (nSPS) is 15.0. The maximum atomic E-state index is 13.3. The molecule has 1 fully saturated rings. The molecule has 1 heterocycles. The number of carbonyl (C=O) groups is 2. The molecule has 0 saturated carbocycles. The standard InChI is InChI=1S/C24H28FN5O2/c25-21-6-8-22(9-7-21)30(13-10-23(27)31)24(32)18-29-12-1-11-28(14-15-29)17-20-4-2-19(16-26)3-5-20/h2-9H,1,10-15,17-18H2,(H2,27,31). The molecule has 3 rings (SSSR count). The first-order chi connectivity index (χ1) is 15.4. The molecule has 0 radical (unpaired) electrons. The van der Waals surface area contributed by atoms with Crippen molar-refractivity contribution in [1.82, 2.24) is 9.80 Å². The van der Waals surface area contributed by atoms with Crippen molar-refractivity contribution < 1.29 is 14.0 Å². The average Bonchev–Trinajstić information content (AvgIpc) is 3.00. The molecule has 0 unspecified atom stereocenters. The Morgan fingerprint density at radius 2 is 1.66 bits per heavy atom. The number of primary amides is 1. The quantitative estimate of drug-likeness (QED) is 0.683. The molecule has 0 bridgehead atoms. The van der Waals surface area contributed by atoms with Crippen LogP contribution in [-0.4, -0.2) is 60.9 Å². The Morgan fingerprint density at radius 3 is 2.31 bits per heavy atom. The van der Waals surface area contributed by atoms with E-state index in [0.717, 1.165) is 44.7 Å². The van der Waals surface area contributed by atoms with Crippen molar-refractivity contribution in [3.8, 4) is 6.07 Å². The van der Waals surface area contributed by atoms with Crippen LogP contribution in [0.2, 0.25) is 0 Å². The van der Waals surface area contributed by atoms with E-state index in [0.29, 0.717) is 11.3 Å². The van der Waals surface area contributed by atoms with Crippen molar-refractivity contribution in [2.45, 2.75) is 19.4 Å². The fourth-order valence-corrected chi connectivity index (χ4v) is 3.80. The van der Waals surface area contributed by atoms with Crippen molar-refractivity contribution in [3.05, 3.63) is 65.5 Å². The maximum Gasteiger partial charge on any atom is 0.241 e. The van der Waals surface area contributed by atoms with Crippen LogP contribution in [0.5, 0.6) is 0 Å². The van der Waals surface area contributed by atoms with Crippen LogP contribution in [0.25, 0.3) is 0 Å². The molecule has 2 amide bonds. The molecule has 2 N–H and O–H groups in total. The lowest BCUT2D eigenvalue weighted by molar-refractivity contribution is -0.120. The van der Waals surface area contributed by atoms with E-state index in [4.69, 9.17) is 11.0 Å². The van der Waals surface area contributed by atoms with Gasteiger partial charge in [0.2, 0.25) is 11.8 Å². The Morgan fingerprint density at radius 1 is 1.00 bits per heavy atom. The number of hydrogen-bond acceptors (Lipinski definition) is 5. The van der Waals surface area contributed by atoms with E-state index in [2.05, 4.69) is 15.9 Å². The Balaban J connectivity index is 1.58. The highest BCUT2D eigenvalue weighted by molar-refractivity contribution is 5.95. The van der Waals surface area contributed by atoms with Gasteiger partial charge in [-0.15, -0.1) is 0 Å². The van der Waals surface area contributed by atoms with Crippen LogP contribution in [0.1, 0.15) is 24.0 Å². The van der Waals surface area contributed by atoms with Gasteiger partial charge in [0.1, 0.15) is 5.82 Å². The van der Waals surface area contributed by atoms with Crippen molar-refractivity contribution in [2.75, 3.05) is 44.2 Å². The number of benzene rings is 2. The molecule has 168 valence electrons. The first kappa shape index (κ1) is 23.4. The summed E-state index contributed by atoms with van der Waals surface area (Å²) in [7, 11) is 0. The second-order valence-electron chi connectivity index (χ2n) is 7.95. The number of hydrogen-bond donors (Lipinski definition) is 1. The number of nitriles is 1. The lowest BCUT2D eigenvalue weighted by Crippen LogP contribution is -2.43. The second-order valence-corrected chi connectivity index (χ2v) is 7.95. The Labute approximate surface area is 187 Å². The molecular weight excluding hydrogens is 409 g/mol. The van der Waals surface area contributed by atoms with Gasteiger partial charge in [0, 0.05) is 38.3 Å². The molecular formula is C24H28FN5O2. The van der Waals surface area contributed by atoms with E-state index in [1.165, 1.54) is 29.2 Å². The minimum Gasteiger partial charge on any atom is -0.370 e. The topological polar surface area (TPSA) is 93.7 Å². The highest BCUT2D eigenvalue weighted by Crippen LogP contribution is 2.17. The summed E-state index contributed by atoms with van der Waals surface area (Å²) in [5, 5.41) is 8.94. The fraction of sp³-hybridized carbons (Fsp3) is 0.375. The zero-order valence-electron chi connectivity index (χ0n) is 18.0. The van der Waals surface area contributed by atoms with Gasteiger partial charge in [-0.1, -0.05) is 12.1 Å². The van der Waals surface area contributed by atoms with Crippen molar-refractivity contribution in [3.63, 3.8) is 0 Å². The van der Waals surface area contributed by atoms with E-state index >= 15 is 0 Å². The summed E-state index contributed by atoms with van der Waals surface area (Å²) < 4.78 is 13.3. The molecule has 0 spiro atoms. The number of amides is 2. The summed E-state index contributed by atoms with van der Waals surface area (Å²) in [6, 6.07) is 15.4. The predicted octanol–water partition coefficient (Wildman–Crippen LogP) is 2.11. The molecule has 2 aromatic rings. The van der Waals surface area contributed by atoms with Crippen LogP contribution in [-0.2, 0) is 16.1 Å². The third-order valence-corrected chi connectivity index (χ3v) is 5.55. The SMILES string of the molecule is N#Cc1ccc(CN2CCCN(CC(=O)N(CCC(N)=O)c3ccc(F)cc3)CC2)cc1. The highest BCUT2D eigenvalue weighted by Gasteiger charge is 2.22. The molecule has 7 nitrogen and oxygen atoms in total. The number of nitrogens with zero attached hydrogens (tertiary/aromatic N) is 4. The predicted molar refractivity (Wildman–Crippen MR) is 120 cm³/mol. The minimum atomic E-state index is -0.488. The molecule has 0 aliphatic carbocycles. The van der Waals surface area contributed by atoms with E-state index in [1.807, 2.05) is 24.3 Å². The van der Waals surface area contributed by atoms with Crippen LogP contribution in [0.4, 0.5) is 10.1 Å². The highest BCUT2D eigenvalue weighted by atomic mass is 19.1. The third kappa shape index (κ3) is 6.87. The fourth-order valence-electron chi connectivity index (χ4n) is 3.80. The van der Waals surface area contributed by atoms with Gasteiger partial charge in [-0.2, -0.15) is 5.26 Å². The number of carbonyl (C=O) groups excluding carboxylic acids is 2. The smallest absolute Gasteiger partial charge is 0.241 e. The summed E-state index contributed by atoms with van der Waals surface area (Å²) in [5.74, 6) is -1.01. The van der Waals surface area contributed by atoms with Gasteiger partial charge in [-0.3, -0.25) is 19.4 Å². The first-order valence-corrected chi connectivity index (χ1v) is 10.7. The van der Waals surface area contributed by atoms with E-state index in [-0.39, 0.29) is 31.2 Å². The minimum absolute atomic E-state index is 0.0431. The van der Waals surface area contributed by atoms with Crippen LogP contribution in [0, 0.1) is 17.1 Å². The van der Waals surface area contributed by atoms with E-state index in [1.54, 1.807) is 0 Å². The number of halogens is 1. The molecule has 8 heteroatoms. The van der Waals surface area contributed by atoms with Crippen LogP contribution in [0.15, 0.2) is 48.5 Å². The summed E-state index contributed by atoms with van der Waals surface area (Å²) in [6.07, 6.45) is 0.975.